The van der Waals surface area contributed by atoms with Crippen LogP contribution in [0.3, 0.4) is 0 Å². The van der Waals surface area contributed by atoms with Crippen molar-refractivity contribution >= 4 is 16.5 Å². The molecule has 3 aromatic rings. The number of aromatic nitrogens is 1. The van der Waals surface area contributed by atoms with E-state index in [1.54, 1.807) is 42.6 Å². The van der Waals surface area contributed by atoms with E-state index in [1.165, 1.54) is 23.5 Å². The third-order valence-electron chi connectivity index (χ3n) is 7.59. The Hall–Kier alpha value is -2.74. The van der Waals surface area contributed by atoms with Crippen molar-refractivity contribution in [3.63, 3.8) is 0 Å². The van der Waals surface area contributed by atoms with Crippen LogP contribution in [0.5, 0.6) is 0 Å². The smallest absolute Gasteiger partial charge is 0.262 e. The number of anilines is 1. The molecule has 0 radical (unpaired) electrons. The monoisotopic (exact) mass is 479 g/mol. The van der Waals surface area contributed by atoms with Crippen molar-refractivity contribution in [2.75, 3.05) is 31.1 Å². The molecule has 3 atom stereocenters. The second-order valence-electron chi connectivity index (χ2n) is 9.91. The summed E-state index contributed by atoms with van der Waals surface area (Å²) in [6.45, 7) is 5.92. The SMILES string of the molecule is CCC[C@H](O)[C@H](O)c1ccc2c(=O)n(-c3ccc(N4CCC(N5CCCC5)C4)c(F)c3)ccc2c1. The summed E-state index contributed by atoms with van der Waals surface area (Å²) in [6.07, 6.45) is 4.61. The van der Waals surface area contributed by atoms with Crippen LogP contribution in [-0.4, -0.2) is 58.0 Å². The van der Waals surface area contributed by atoms with Gasteiger partial charge in [-0.05, 0) is 80.1 Å². The third-order valence-corrected chi connectivity index (χ3v) is 7.59. The minimum atomic E-state index is -1.00. The first-order valence-corrected chi connectivity index (χ1v) is 12.8. The summed E-state index contributed by atoms with van der Waals surface area (Å²) >= 11 is 0. The van der Waals surface area contributed by atoms with Crippen LogP contribution in [-0.2, 0) is 0 Å². The predicted octanol–water partition coefficient (Wildman–Crippen LogP) is 4.00. The number of hydrogen-bond acceptors (Lipinski definition) is 5. The van der Waals surface area contributed by atoms with E-state index >= 15 is 4.39 Å². The van der Waals surface area contributed by atoms with Gasteiger partial charge in [-0.3, -0.25) is 14.3 Å². The van der Waals surface area contributed by atoms with Gasteiger partial charge in [0.2, 0.25) is 0 Å². The Labute approximate surface area is 205 Å². The Morgan fingerprint density at radius 3 is 2.60 bits per heavy atom. The molecule has 5 rings (SSSR count). The molecule has 0 spiro atoms. The second-order valence-corrected chi connectivity index (χ2v) is 9.91. The first-order valence-electron chi connectivity index (χ1n) is 12.8. The van der Waals surface area contributed by atoms with Crippen LogP contribution in [0.25, 0.3) is 16.5 Å². The fraction of sp³-hybridized carbons (Fsp3) is 0.464. The minimum Gasteiger partial charge on any atom is -0.390 e. The maximum Gasteiger partial charge on any atom is 0.262 e. The number of halogens is 1. The Balaban J connectivity index is 1.38. The van der Waals surface area contributed by atoms with Gasteiger partial charge in [-0.1, -0.05) is 19.4 Å². The molecule has 1 unspecified atom stereocenters. The van der Waals surface area contributed by atoms with Gasteiger partial charge in [-0.15, -0.1) is 0 Å². The molecule has 35 heavy (non-hydrogen) atoms. The zero-order chi connectivity index (χ0) is 24.5. The van der Waals surface area contributed by atoms with Gasteiger partial charge in [0.05, 0.1) is 17.5 Å². The fourth-order valence-corrected chi connectivity index (χ4v) is 5.60. The highest BCUT2D eigenvalue weighted by Gasteiger charge is 2.30. The molecule has 0 bridgehead atoms. The molecule has 2 N–H and O–H groups in total. The van der Waals surface area contributed by atoms with Crippen LogP contribution in [0.2, 0.25) is 0 Å². The molecule has 2 aliphatic heterocycles. The maximum absolute atomic E-state index is 15.2. The highest BCUT2D eigenvalue weighted by atomic mass is 19.1. The van der Waals surface area contributed by atoms with E-state index in [0.717, 1.165) is 39.0 Å². The molecule has 0 saturated carbocycles. The first-order chi connectivity index (χ1) is 17.0. The lowest BCUT2D eigenvalue weighted by Gasteiger charge is -2.25. The van der Waals surface area contributed by atoms with Crippen LogP contribution in [0.4, 0.5) is 10.1 Å². The van der Waals surface area contributed by atoms with Crippen LogP contribution >= 0.6 is 0 Å². The van der Waals surface area contributed by atoms with Crippen molar-refractivity contribution in [3.8, 4) is 5.69 Å². The van der Waals surface area contributed by atoms with Gasteiger partial charge in [0, 0.05) is 36.8 Å². The Kier molecular flexibility index (Phi) is 6.91. The molecule has 1 aromatic heterocycles. The highest BCUT2D eigenvalue weighted by molar-refractivity contribution is 5.82. The summed E-state index contributed by atoms with van der Waals surface area (Å²) in [5, 5.41) is 21.7. The van der Waals surface area contributed by atoms with E-state index < -0.39 is 12.2 Å². The van der Waals surface area contributed by atoms with Gasteiger partial charge in [-0.25, -0.2) is 4.39 Å². The molecule has 3 heterocycles. The number of pyridine rings is 1. The molecule has 7 heteroatoms. The molecule has 186 valence electrons. The maximum atomic E-state index is 15.2. The predicted molar refractivity (Wildman–Crippen MR) is 137 cm³/mol. The Morgan fingerprint density at radius 1 is 1.06 bits per heavy atom. The molecule has 2 saturated heterocycles. The summed E-state index contributed by atoms with van der Waals surface area (Å²) in [6, 6.07) is 12.4. The van der Waals surface area contributed by atoms with Crippen molar-refractivity contribution < 1.29 is 14.6 Å². The van der Waals surface area contributed by atoms with Gasteiger partial charge >= 0.3 is 0 Å². The molecule has 2 aliphatic rings. The van der Waals surface area contributed by atoms with Crippen molar-refractivity contribution in [1.82, 2.24) is 9.47 Å². The lowest BCUT2D eigenvalue weighted by atomic mass is 9.99. The minimum absolute atomic E-state index is 0.250. The topological polar surface area (TPSA) is 68.9 Å². The normalized spacial score (nSPS) is 20.6. The summed E-state index contributed by atoms with van der Waals surface area (Å²) in [4.78, 5) is 17.8. The molecule has 2 fully saturated rings. The number of likely N-dealkylation sites (tertiary alicyclic amines) is 1. The fourth-order valence-electron chi connectivity index (χ4n) is 5.60. The average molecular weight is 480 g/mol. The standard InChI is InChI=1S/C28H34FN3O3/c1-2-5-26(33)27(34)20-6-8-23-19(16-20)10-15-32(28(23)35)21-7-9-25(24(29)17-21)31-14-11-22(18-31)30-12-3-4-13-30/h6-10,15-17,22,26-27,33-34H,2-5,11-14,18H2,1H3/t22?,26-,27+/m0/s1. The third kappa shape index (κ3) is 4.73. The summed E-state index contributed by atoms with van der Waals surface area (Å²) in [7, 11) is 0. The van der Waals surface area contributed by atoms with Crippen molar-refractivity contribution in [1.29, 1.82) is 0 Å². The zero-order valence-corrected chi connectivity index (χ0v) is 20.2. The summed E-state index contributed by atoms with van der Waals surface area (Å²) in [5.41, 5.74) is 1.40. The summed E-state index contributed by atoms with van der Waals surface area (Å²) < 4.78 is 16.6. The average Bonchev–Trinajstić information content (AvgIpc) is 3.56. The molecular weight excluding hydrogens is 445 g/mol. The molecular formula is C28H34FN3O3. The van der Waals surface area contributed by atoms with Crippen molar-refractivity contribution in [2.45, 2.75) is 57.3 Å². The van der Waals surface area contributed by atoms with E-state index in [1.807, 2.05) is 6.92 Å². The van der Waals surface area contributed by atoms with E-state index in [9.17, 15) is 15.0 Å². The van der Waals surface area contributed by atoms with E-state index in [2.05, 4.69) is 9.80 Å². The van der Waals surface area contributed by atoms with Gasteiger partial charge in [0.15, 0.2) is 0 Å². The van der Waals surface area contributed by atoms with Crippen LogP contribution in [0.1, 0.15) is 50.7 Å². The van der Waals surface area contributed by atoms with Gasteiger partial charge in [-0.2, -0.15) is 0 Å². The molecule has 0 aliphatic carbocycles. The molecule has 2 aromatic carbocycles. The van der Waals surface area contributed by atoms with Gasteiger partial charge in [0.25, 0.3) is 5.56 Å². The van der Waals surface area contributed by atoms with E-state index in [4.69, 9.17) is 0 Å². The highest BCUT2D eigenvalue weighted by Crippen LogP contribution is 2.29. The number of aliphatic hydroxyl groups is 2. The number of rotatable bonds is 7. The number of fused-ring (bicyclic) bond motifs is 1. The van der Waals surface area contributed by atoms with Crippen molar-refractivity contribution in [2.24, 2.45) is 0 Å². The molecule has 6 nitrogen and oxygen atoms in total. The quantitative estimate of drug-likeness (QED) is 0.536. The number of aliphatic hydroxyl groups excluding tert-OH is 2. The van der Waals surface area contributed by atoms with Crippen molar-refractivity contribution in [3.05, 3.63) is 70.4 Å². The Morgan fingerprint density at radius 2 is 1.86 bits per heavy atom. The van der Waals surface area contributed by atoms with E-state index in [-0.39, 0.29) is 11.4 Å². The van der Waals surface area contributed by atoms with Gasteiger partial charge < -0.3 is 15.1 Å². The lowest BCUT2D eigenvalue weighted by molar-refractivity contribution is 0.0132. The van der Waals surface area contributed by atoms with Crippen LogP contribution in [0.15, 0.2) is 53.5 Å². The Bertz CT molecular complexity index is 1250. The molecule has 0 amide bonds. The number of nitrogens with zero attached hydrogens (tertiary/aromatic N) is 3. The largest absolute Gasteiger partial charge is 0.390 e. The number of benzene rings is 2. The zero-order valence-electron chi connectivity index (χ0n) is 20.2. The van der Waals surface area contributed by atoms with Crippen LogP contribution < -0.4 is 10.5 Å². The lowest BCUT2D eigenvalue weighted by Crippen LogP contribution is -2.35. The van der Waals surface area contributed by atoms with Gasteiger partial charge in [0.1, 0.15) is 11.9 Å². The number of hydrogen-bond donors (Lipinski definition) is 2. The summed E-state index contributed by atoms with van der Waals surface area (Å²) in [5.74, 6) is -0.319. The van der Waals surface area contributed by atoms with Crippen LogP contribution in [0, 0.1) is 5.82 Å². The first kappa shape index (κ1) is 24.0. The second kappa shape index (κ2) is 10.1. The van der Waals surface area contributed by atoms with E-state index in [0.29, 0.717) is 40.2 Å².